The van der Waals surface area contributed by atoms with E-state index in [0.717, 1.165) is 32.1 Å². The van der Waals surface area contributed by atoms with Gasteiger partial charge in [-0.2, -0.15) is 0 Å². The zero-order chi connectivity index (χ0) is 16.9. The molecule has 2 fully saturated rings. The van der Waals surface area contributed by atoms with Gasteiger partial charge in [-0.25, -0.2) is 0 Å². The number of cyclic esters (lactones) is 1. The lowest BCUT2D eigenvalue weighted by Crippen LogP contribution is -2.37. The smallest absolute Gasteiger partial charge is 0.309 e. The maximum absolute atomic E-state index is 12.2. The number of esters is 1. The van der Waals surface area contributed by atoms with Crippen LogP contribution in [0.5, 0.6) is 0 Å². The molecule has 0 spiro atoms. The molecule has 1 aromatic carbocycles. The van der Waals surface area contributed by atoms with Crippen molar-refractivity contribution in [1.82, 2.24) is 0 Å². The number of hydrogen-bond donors (Lipinski definition) is 0. The Morgan fingerprint density at radius 2 is 1.67 bits per heavy atom. The van der Waals surface area contributed by atoms with Gasteiger partial charge in [-0.3, -0.25) is 4.79 Å². The summed E-state index contributed by atoms with van der Waals surface area (Å²) in [4.78, 5) is 12.2. The monoisotopic (exact) mass is 328 g/mol. The molecule has 2 atom stereocenters. The van der Waals surface area contributed by atoms with Crippen molar-refractivity contribution in [3.05, 3.63) is 35.4 Å². The molecule has 1 saturated heterocycles. The Balaban J connectivity index is 1.51. The van der Waals surface area contributed by atoms with Gasteiger partial charge in [-0.1, -0.05) is 44.5 Å². The van der Waals surface area contributed by atoms with Crippen molar-refractivity contribution in [2.24, 2.45) is 11.8 Å². The van der Waals surface area contributed by atoms with Gasteiger partial charge in [-0.05, 0) is 74.3 Å². The Hall–Kier alpha value is -1.31. The van der Waals surface area contributed by atoms with Crippen LogP contribution in [0, 0.1) is 11.8 Å². The Morgan fingerprint density at radius 3 is 2.25 bits per heavy atom. The van der Waals surface area contributed by atoms with Crippen molar-refractivity contribution in [2.45, 2.75) is 83.7 Å². The van der Waals surface area contributed by atoms with E-state index in [0.29, 0.717) is 11.8 Å². The summed E-state index contributed by atoms with van der Waals surface area (Å²) < 4.78 is 5.82. The van der Waals surface area contributed by atoms with Crippen LogP contribution in [0.15, 0.2) is 24.3 Å². The molecule has 1 aliphatic carbocycles. The molecule has 0 radical (unpaired) electrons. The minimum absolute atomic E-state index is 0.0744. The van der Waals surface area contributed by atoms with E-state index >= 15 is 0 Å². The summed E-state index contributed by atoms with van der Waals surface area (Å²) in [6.07, 6.45) is 10.4. The molecule has 2 heteroatoms. The fourth-order valence-electron chi connectivity index (χ4n) is 4.58. The molecule has 2 unspecified atom stereocenters. The lowest BCUT2D eigenvalue weighted by molar-refractivity contribution is -0.165. The van der Waals surface area contributed by atoms with Gasteiger partial charge in [0.15, 0.2) is 0 Å². The molecule has 0 aromatic heterocycles. The second-order valence-corrected chi connectivity index (χ2v) is 7.75. The third-order valence-corrected chi connectivity index (χ3v) is 6.19. The molecule has 2 nitrogen and oxygen atoms in total. The van der Waals surface area contributed by atoms with Crippen LogP contribution in [0.3, 0.4) is 0 Å². The quantitative estimate of drug-likeness (QED) is 0.653. The number of carbonyl (C=O) groups excluding carboxylic acids is 1. The first-order valence-electron chi connectivity index (χ1n) is 10.0. The predicted molar refractivity (Wildman–Crippen MR) is 98.0 cm³/mol. The van der Waals surface area contributed by atoms with Crippen LogP contribution in [0.1, 0.15) is 82.3 Å². The van der Waals surface area contributed by atoms with Gasteiger partial charge in [-0.15, -0.1) is 0 Å². The Morgan fingerprint density at radius 1 is 0.958 bits per heavy atom. The summed E-state index contributed by atoms with van der Waals surface area (Å²) >= 11 is 0. The van der Waals surface area contributed by atoms with Gasteiger partial charge in [0.05, 0.1) is 5.92 Å². The average molecular weight is 328 g/mol. The highest BCUT2D eigenvalue weighted by atomic mass is 16.5. The van der Waals surface area contributed by atoms with Crippen LogP contribution in [-0.2, 0) is 16.0 Å². The van der Waals surface area contributed by atoms with Crippen molar-refractivity contribution < 1.29 is 9.53 Å². The lowest BCUT2D eigenvalue weighted by Gasteiger charge is -2.37. The van der Waals surface area contributed by atoms with Gasteiger partial charge >= 0.3 is 5.97 Å². The SMILES string of the molecule is CCCC1CCC(C2CCC(c3ccc(CC)cc3)CC2)OC1=O. The van der Waals surface area contributed by atoms with E-state index in [2.05, 4.69) is 38.1 Å². The Kier molecular flexibility index (Phi) is 5.97. The number of rotatable bonds is 5. The van der Waals surface area contributed by atoms with Gasteiger partial charge in [0.25, 0.3) is 0 Å². The molecule has 0 bridgehead atoms. The number of aryl methyl sites for hydroxylation is 1. The van der Waals surface area contributed by atoms with Gasteiger partial charge in [0, 0.05) is 0 Å². The first-order chi connectivity index (χ1) is 11.7. The average Bonchev–Trinajstić information content (AvgIpc) is 2.64. The Bertz CT molecular complexity index is 525. The summed E-state index contributed by atoms with van der Waals surface area (Å²) in [7, 11) is 0. The molecular formula is C22H32O2. The van der Waals surface area contributed by atoms with E-state index in [9.17, 15) is 4.79 Å². The van der Waals surface area contributed by atoms with Crippen LogP contribution in [-0.4, -0.2) is 12.1 Å². The number of hydrogen-bond acceptors (Lipinski definition) is 2. The highest BCUT2D eigenvalue weighted by molar-refractivity contribution is 5.73. The van der Waals surface area contributed by atoms with Gasteiger partial charge in [0.2, 0.25) is 0 Å². The summed E-state index contributed by atoms with van der Waals surface area (Å²) in [5.74, 6) is 1.52. The molecule has 132 valence electrons. The van der Waals surface area contributed by atoms with Crippen LogP contribution in [0.4, 0.5) is 0 Å². The predicted octanol–water partition coefficient (Wildman–Crippen LogP) is 5.64. The zero-order valence-electron chi connectivity index (χ0n) is 15.3. The molecule has 1 aromatic rings. The van der Waals surface area contributed by atoms with Crippen molar-refractivity contribution in [1.29, 1.82) is 0 Å². The van der Waals surface area contributed by atoms with E-state index < -0.39 is 0 Å². The summed E-state index contributed by atoms with van der Waals surface area (Å²) in [6, 6.07) is 9.19. The number of ether oxygens (including phenoxy) is 1. The lowest BCUT2D eigenvalue weighted by atomic mass is 9.75. The third-order valence-electron chi connectivity index (χ3n) is 6.19. The number of benzene rings is 1. The number of carbonyl (C=O) groups is 1. The minimum Gasteiger partial charge on any atom is -0.462 e. The van der Waals surface area contributed by atoms with Crippen molar-refractivity contribution in [3.63, 3.8) is 0 Å². The second-order valence-electron chi connectivity index (χ2n) is 7.75. The topological polar surface area (TPSA) is 26.3 Å². The van der Waals surface area contributed by atoms with Gasteiger partial charge in [0.1, 0.15) is 6.10 Å². The van der Waals surface area contributed by atoms with Crippen LogP contribution in [0.2, 0.25) is 0 Å². The maximum Gasteiger partial charge on any atom is 0.309 e. The van der Waals surface area contributed by atoms with E-state index in [1.807, 2.05) is 0 Å². The standard InChI is InChI=1S/C22H32O2/c1-3-5-20-14-15-21(24-22(20)23)19-12-10-18(11-13-19)17-8-6-16(4-2)7-9-17/h6-9,18-21H,3-5,10-15H2,1-2H3. The molecule has 0 N–H and O–H groups in total. The molecular weight excluding hydrogens is 296 g/mol. The van der Waals surface area contributed by atoms with E-state index in [-0.39, 0.29) is 18.0 Å². The normalized spacial score (nSPS) is 30.8. The molecule has 2 aliphatic rings. The molecule has 1 heterocycles. The zero-order valence-corrected chi connectivity index (χ0v) is 15.3. The van der Waals surface area contributed by atoms with Crippen molar-refractivity contribution >= 4 is 5.97 Å². The third kappa shape index (κ3) is 4.02. The van der Waals surface area contributed by atoms with E-state index in [1.54, 1.807) is 0 Å². The highest BCUT2D eigenvalue weighted by Crippen LogP contribution is 2.40. The largest absolute Gasteiger partial charge is 0.462 e. The fraction of sp³-hybridized carbons (Fsp3) is 0.682. The molecule has 3 rings (SSSR count). The molecule has 1 saturated carbocycles. The van der Waals surface area contributed by atoms with E-state index in [1.165, 1.54) is 36.8 Å². The molecule has 0 amide bonds. The first kappa shape index (κ1) is 17.5. The van der Waals surface area contributed by atoms with Gasteiger partial charge < -0.3 is 4.74 Å². The fourth-order valence-corrected chi connectivity index (χ4v) is 4.58. The maximum atomic E-state index is 12.2. The summed E-state index contributed by atoms with van der Waals surface area (Å²) in [5, 5.41) is 0. The molecule has 24 heavy (non-hydrogen) atoms. The molecule has 1 aliphatic heterocycles. The summed E-state index contributed by atoms with van der Waals surface area (Å²) in [6.45, 7) is 4.35. The summed E-state index contributed by atoms with van der Waals surface area (Å²) in [5.41, 5.74) is 2.91. The van der Waals surface area contributed by atoms with Crippen molar-refractivity contribution in [2.75, 3.05) is 0 Å². The van der Waals surface area contributed by atoms with E-state index in [4.69, 9.17) is 4.74 Å². The first-order valence-corrected chi connectivity index (χ1v) is 10.0. The van der Waals surface area contributed by atoms with Crippen molar-refractivity contribution in [3.8, 4) is 0 Å². The van der Waals surface area contributed by atoms with Crippen LogP contribution >= 0.6 is 0 Å². The second kappa shape index (κ2) is 8.18. The minimum atomic E-state index is 0.0744. The Labute approximate surface area is 147 Å². The van der Waals surface area contributed by atoms with Crippen LogP contribution in [0.25, 0.3) is 0 Å². The highest BCUT2D eigenvalue weighted by Gasteiger charge is 2.36. The van der Waals surface area contributed by atoms with Crippen LogP contribution < -0.4 is 0 Å².